The maximum Gasteiger partial charge on any atom is 0.159 e. The first-order valence-electron chi connectivity index (χ1n) is 5.84. The van der Waals surface area contributed by atoms with Gasteiger partial charge >= 0.3 is 0 Å². The first kappa shape index (κ1) is 15.0. The predicted octanol–water partition coefficient (Wildman–Crippen LogP) is 3.74. The lowest BCUT2D eigenvalue weighted by atomic mass is 10.1. The first-order valence-corrected chi connectivity index (χ1v) is 6.22. The van der Waals surface area contributed by atoms with Crippen molar-refractivity contribution in [3.8, 4) is 5.75 Å². The van der Waals surface area contributed by atoms with Crippen LogP contribution in [0.2, 0.25) is 5.02 Å². The van der Waals surface area contributed by atoms with E-state index in [1.165, 1.54) is 6.92 Å². The molecular formula is C14H19ClO3. The number of Topliss-reactive ketones (excluding diaryl/α,β-unsaturated/α-hetero) is 1. The van der Waals surface area contributed by atoms with Crippen LogP contribution in [0.5, 0.6) is 5.75 Å². The van der Waals surface area contributed by atoms with Crippen LogP contribution in [0.25, 0.3) is 0 Å². The normalized spacial score (nSPS) is 11.4. The molecule has 1 aromatic rings. The quantitative estimate of drug-likeness (QED) is 0.739. The molecular weight excluding hydrogens is 252 g/mol. The standard InChI is InChI=1S/C14H19ClO3/c1-10(16)11-5-6-13(12(15)9-11)18-8-7-14(2,3)17-4/h5-6,9H,7-8H2,1-4H3. The molecule has 0 heterocycles. The zero-order chi connectivity index (χ0) is 13.8. The molecule has 0 radical (unpaired) electrons. The van der Waals surface area contributed by atoms with Gasteiger partial charge in [0.25, 0.3) is 0 Å². The lowest BCUT2D eigenvalue weighted by Crippen LogP contribution is -2.25. The summed E-state index contributed by atoms with van der Waals surface area (Å²) < 4.78 is 10.9. The van der Waals surface area contributed by atoms with Gasteiger partial charge in [0.2, 0.25) is 0 Å². The van der Waals surface area contributed by atoms with Crippen LogP contribution in [0.15, 0.2) is 18.2 Å². The number of ketones is 1. The van der Waals surface area contributed by atoms with Crippen molar-refractivity contribution in [3.63, 3.8) is 0 Å². The molecule has 0 aromatic heterocycles. The molecule has 18 heavy (non-hydrogen) atoms. The molecule has 0 saturated carbocycles. The fraction of sp³-hybridized carbons (Fsp3) is 0.500. The van der Waals surface area contributed by atoms with Crippen molar-refractivity contribution in [2.24, 2.45) is 0 Å². The van der Waals surface area contributed by atoms with Gasteiger partial charge in [0.1, 0.15) is 5.75 Å². The molecule has 0 saturated heterocycles. The maximum absolute atomic E-state index is 11.2. The lowest BCUT2D eigenvalue weighted by Gasteiger charge is -2.22. The van der Waals surface area contributed by atoms with Crippen LogP contribution in [-0.2, 0) is 4.74 Å². The molecule has 4 heteroatoms. The van der Waals surface area contributed by atoms with Crippen LogP contribution in [-0.4, -0.2) is 25.1 Å². The van der Waals surface area contributed by atoms with Crippen LogP contribution in [0, 0.1) is 0 Å². The van der Waals surface area contributed by atoms with Crippen molar-refractivity contribution in [3.05, 3.63) is 28.8 Å². The highest BCUT2D eigenvalue weighted by atomic mass is 35.5. The van der Waals surface area contributed by atoms with Crippen molar-refractivity contribution in [1.29, 1.82) is 0 Å². The van der Waals surface area contributed by atoms with Gasteiger partial charge in [0, 0.05) is 19.1 Å². The second-order valence-corrected chi connectivity index (χ2v) is 5.17. The summed E-state index contributed by atoms with van der Waals surface area (Å²) in [5.41, 5.74) is 0.371. The molecule has 0 aliphatic heterocycles. The second kappa shape index (κ2) is 6.21. The molecule has 1 rings (SSSR count). The average Bonchev–Trinajstić information content (AvgIpc) is 2.31. The molecule has 0 unspecified atom stereocenters. The van der Waals surface area contributed by atoms with Gasteiger partial charge < -0.3 is 9.47 Å². The van der Waals surface area contributed by atoms with Crippen molar-refractivity contribution in [1.82, 2.24) is 0 Å². The summed E-state index contributed by atoms with van der Waals surface area (Å²) >= 11 is 6.05. The number of carbonyl (C=O) groups excluding carboxylic acids is 1. The molecule has 0 bridgehead atoms. The number of methoxy groups -OCH3 is 1. The molecule has 0 aliphatic rings. The van der Waals surface area contributed by atoms with E-state index in [0.717, 1.165) is 6.42 Å². The SMILES string of the molecule is COC(C)(C)CCOc1ccc(C(C)=O)cc1Cl. The Morgan fingerprint density at radius 3 is 2.56 bits per heavy atom. The Labute approximate surface area is 113 Å². The van der Waals surface area contributed by atoms with E-state index in [1.807, 2.05) is 13.8 Å². The number of hydrogen-bond donors (Lipinski definition) is 0. The molecule has 0 spiro atoms. The predicted molar refractivity (Wildman–Crippen MR) is 72.7 cm³/mol. The minimum atomic E-state index is -0.216. The highest BCUT2D eigenvalue weighted by molar-refractivity contribution is 6.32. The summed E-state index contributed by atoms with van der Waals surface area (Å²) in [5.74, 6) is 0.581. The molecule has 3 nitrogen and oxygen atoms in total. The lowest BCUT2D eigenvalue weighted by molar-refractivity contribution is 0.00546. The van der Waals surface area contributed by atoms with Gasteiger partial charge in [-0.05, 0) is 39.0 Å². The third-order valence-corrected chi connectivity index (χ3v) is 3.15. The third kappa shape index (κ3) is 4.31. The van der Waals surface area contributed by atoms with Crippen molar-refractivity contribution < 1.29 is 14.3 Å². The van der Waals surface area contributed by atoms with Gasteiger partial charge in [-0.2, -0.15) is 0 Å². The molecule has 0 N–H and O–H groups in total. The number of rotatable bonds is 6. The van der Waals surface area contributed by atoms with Crippen molar-refractivity contribution >= 4 is 17.4 Å². The van der Waals surface area contributed by atoms with Crippen LogP contribution in [0.4, 0.5) is 0 Å². The van der Waals surface area contributed by atoms with E-state index in [2.05, 4.69) is 0 Å². The Bertz CT molecular complexity index is 427. The summed E-state index contributed by atoms with van der Waals surface area (Å²) in [5, 5.41) is 0.456. The summed E-state index contributed by atoms with van der Waals surface area (Å²) in [6.07, 6.45) is 0.758. The fourth-order valence-electron chi connectivity index (χ4n) is 1.35. The van der Waals surface area contributed by atoms with Crippen LogP contribution >= 0.6 is 11.6 Å². The zero-order valence-corrected chi connectivity index (χ0v) is 12.0. The maximum atomic E-state index is 11.2. The molecule has 0 atom stereocenters. The number of halogens is 1. The Kier molecular flexibility index (Phi) is 5.17. The minimum absolute atomic E-state index is 0.0102. The Balaban J connectivity index is 2.61. The van der Waals surface area contributed by atoms with Gasteiger partial charge in [-0.3, -0.25) is 4.79 Å². The largest absolute Gasteiger partial charge is 0.492 e. The van der Waals surface area contributed by atoms with Gasteiger partial charge in [-0.15, -0.1) is 0 Å². The average molecular weight is 271 g/mol. The van der Waals surface area contributed by atoms with E-state index in [4.69, 9.17) is 21.1 Å². The van der Waals surface area contributed by atoms with Crippen molar-refractivity contribution in [2.75, 3.05) is 13.7 Å². The minimum Gasteiger partial charge on any atom is -0.492 e. The topological polar surface area (TPSA) is 35.5 Å². The molecule has 1 aromatic carbocycles. The number of benzene rings is 1. The molecule has 0 amide bonds. The van der Waals surface area contributed by atoms with Crippen molar-refractivity contribution in [2.45, 2.75) is 32.8 Å². The van der Waals surface area contributed by atoms with E-state index in [1.54, 1.807) is 25.3 Å². The molecule has 100 valence electrons. The van der Waals surface area contributed by atoms with Gasteiger partial charge in [-0.25, -0.2) is 0 Å². The van der Waals surface area contributed by atoms with Gasteiger partial charge in [0.05, 0.1) is 17.2 Å². The number of hydrogen-bond acceptors (Lipinski definition) is 3. The summed E-state index contributed by atoms with van der Waals surface area (Å²) in [6.45, 7) is 6.01. The summed E-state index contributed by atoms with van der Waals surface area (Å²) in [7, 11) is 1.68. The highest BCUT2D eigenvalue weighted by Gasteiger charge is 2.16. The van der Waals surface area contributed by atoms with Gasteiger partial charge in [0.15, 0.2) is 5.78 Å². The van der Waals surface area contributed by atoms with E-state index < -0.39 is 0 Å². The second-order valence-electron chi connectivity index (χ2n) is 4.76. The Morgan fingerprint density at radius 1 is 1.39 bits per heavy atom. The summed E-state index contributed by atoms with van der Waals surface area (Å²) in [4.78, 5) is 11.2. The number of ether oxygens (including phenoxy) is 2. The van der Waals surface area contributed by atoms with E-state index in [0.29, 0.717) is 22.9 Å². The van der Waals surface area contributed by atoms with Gasteiger partial charge in [-0.1, -0.05) is 11.6 Å². The van der Waals surface area contributed by atoms with Crippen LogP contribution in [0.1, 0.15) is 37.6 Å². The van der Waals surface area contributed by atoms with E-state index in [9.17, 15) is 4.79 Å². The molecule has 0 aliphatic carbocycles. The summed E-state index contributed by atoms with van der Waals surface area (Å²) in [6, 6.07) is 5.06. The number of carbonyl (C=O) groups is 1. The highest BCUT2D eigenvalue weighted by Crippen LogP contribution is 2.26. The third-order valence-electron chi connectivity index (χ3n) is 2.85. The fourth-order valence-corrected chi connectivity index (χ4v) is 1.58. The monoisotopic (exact) mass is 270 g/mol. The smallest absolute Gasteiger partial charge is 0.159 e. The van der Waals surface area contributed by atoms with Crippen LogP contribution in [0.3, 0.4) is 0 Å². The van der Waals surface area contributed by atoms with E-state index in [-0.39, 0.29) is 11.4 Å². The molecule has 0 fully saturated rings. The Hall–Kier alpha value is -1.06. The van der Waals surface area contributed by atoms with Crippen LogP contribution < -0.4 is 4.74 Å². The first-order chi connectivity index (χ1) is 8.35. The Morgan fingerprint density at radius 2 is 2.06 bits per heavy atom. The zero-order valence-electron chi connectivity index (χ0n) is 11.2. The van der Waals surface area contributed by atoms with E-state index >= 15 is 0 Å².